The molecule has 4 heteroatoms. The van der Waals surface area contributed by atoms with Crippen LogP contribution < -0.4 is 0 Å². The average Bonchev–Trinajstić information content (AvgIpc) is 2.46. The second kappa shape index (κ2) is 5.43. The number of hydrogen-bond acceptors (Lipinski definition) is 3. The van der Waals surface area contributed by atoms with E-state index in [2.05, 4.69) is 63.7 Å². The predicted octanol–water partition coefficient (Wildman–Crippen LogP) is 2.72. The summed E-state index contributed by atoms with van der Waals surface area (Å²) in [6, 6.07) is 0. The minimum atomic E-state index is -0.833. The first-order valence-corrected chi connectivity index (χ1v) is 5.86. The molecule has 0 aliphatic carbocycles. The van der Waals surface area contributed by atoms with Gasteiger partial charge in [-0.05, 0) is 41.5 Å². The van der Waals surface area contributed by atoms with E-state index in [1.165, 1.54) is 0 Å². The zero-order chi connectivity index (χ0) is 13.9. The van der Waals surface area contributed by atoms with E-state index in [0.29, 0.717) is 0 Å². The van der Waals surface area contributed by atoms with E-state index in [1.807, 2.05) is 0 Å². The Balaban J connectivity index is 0.000000557. The van der Waals surface area contributed by atoms with Crippen molar-refractivity contribution in [3.8, 4) is 0 Å². The van der Waals surface area contributed by atoms with E-state index >= 15 is 0 Å². The molecule has 0 aromatic carbocycles. The summed E-state index contributed by atoms with van der Waals surface area (Å²) < 4.78 is 0. The van der Waals surface area contributed by atoms with Gasteiger partial charge in [0.2, 0.25) is 0 Å². The smallest absolute Gasteiger partial charge is 0.300 e. The van der Waals surface area contributed by atoms with E-state index in [0.717, 1.165) is 13.6 Å². The molecule has 0 aromatic heterocycles. The molecule has 0 amide bonds. The lowest BCUT2D eigenvalue weighted by Gasteiger charge is -2.38. The Morgan fingerprint density at radius 3 is 1.35 bits per heavy atom. The largest absolute Gasteiger partial charge is 0.481 e. The molecule has 4 nitrogen and oxygen atoms in total. The SMILES string of the molecule is CC(=O)O.CC(C)(C)N1C=CN(C(C)(C)C)C1. The third-order valence-electron chi connectivity index (χ3n) is 2.45. The highest BCUT2D eigenvalue weighted by Gasteiger charge is 2.28. The van der Waals surface area contributed by atoms with Crippen LogP contribution in [0.25, 0.3) is 0 Å². The molecule has 0 atom stereocenters. The second-order valence-electron chi connectivity index (χ2n) is 6.24. The Hall–Kier alpha value is -1.19. The molecular formula is C13H26N2O2. The normalized spacial score (nSPS) is 15.7. The highest BCUT2D eigenvalue weighted by molar-refractivity contribution is 5.62. The van der Waals surface area contributed by atoms with Gasteiger partial charge >= 0.3 is 0 Å². The summed E-state index contributed by atoms with van der Waals surface area (Å²) in [7, 11) is 0. The van der Waals surface area contributed by atoms with Crippen LogP contribution in [0.5, 0.6) is 0 Å². The van der Waals surface area contributed by atoms with Gasteiger partial charge in [0.25, 0.3) is 5.97 Å². The van der Waals surface area contributed by atoms with Gasteiger partial charge in [-0.15, -0.1) is 0 Å². The molecule has 1 heterocycles. The Bertz CT molecular complexity index is 259. The Morgan fingerprint density at radius 1 is 1.00 bits per heavy atom. The van der Waals surface area contributed by atoms with Crippen molar-refractivity contribution < 1.29 is 9.90 Å². The van der Waals surface area contributed by atoms with Crippen molar-refractivity contribution in [3.05, 3.63) is 12.4 Å². The molecular weight excluding hydrogens is 216 g/mol. The molecule has 1 aliphatic rings. The number of carboxylic acid groups (broad SMARTS) is 1. The van der Waals surface area contributed by atoms with Gasteiger partial charge in [0.05, 0.1) is 6.67 Å². The standard InChI is InChI=1S/C11H22N2.C2H4O2/c1-10(2,3)12-7-8-13(9-12)11(4,5)6;1-2(3)4/h7-8H,9H2,1-6H3;1H3,(H,3,4). The fourth-order valence-electron chi connectivity index (χ4n) is 1.29. The van der Waals surface area contributed by atoms with E-state index in [1.54, 1.807) is 0 Å². The zero-order valence-corrected chi connectivity index (χ0v) is 12.1. The first kappa shape index (κ1) is 15.8. The predicted molar refractivity (Wildman–Crippen MR) is 70.5 cm³/mol. The number of nitrogens with zero attached hydrogens (tertiary/aromatic N) is 2. The lowest BCUT2D eigenvalue weighted by Crippen LogP contribution is -2.44. The lowest BCUT2D eigenvalue weighted by atomic mass is 10.1. The summed E-state index contributed by atoms with van der Waals surface area (Å²) in [5, 5.41) is 7.42. The van der Waals surface area contributed by atoms with Crippen LogP contribution >= 0.6 is 0 Å². The van der Waals surface area contributed by atoms with Crippen LogP contribution in [0.2, 0.25) is 0 Å². The molecule has 0 unspecified atom stereocenters. The van der Waals surface area contributed by atoms with Gasteiger partial charge in [0.1, 0.15) is 0 Å². The van der Waals surface area contributed by atoms with Crippen LogP contribution in [0, 0.1) is 0 Å². The number of hydrogen-bond donors (Lipinski definition) is 1. The van der Waals surface area contributed by atoms with Crippen molar-refractivity contribution >= 4 is 5.97 Å². The van der Waals surface area contributed by atoms with E-state index in [-0.39, 0.29) is 11.1 Å². The molecule has 0 saturated carbocycles. The number of carbonyl (C=O) groups is 1. The Kier molecular flexibility index (Phi) is 5.05. The first-order valence-electron chi connectivity index (χ1n) is 5.86. The summed E-state index contributed by atoms with van der Waals surface area (Å²) in [6.45, 7) is 15.5. The molecule has 1 N–H and O–H groups in total. The van der Waals surface area contributed by atoms with Crippen molar-refractivity contribution in [2.75, 3.05) is 6.67 Å². The molecule has 0 bridgehead atoms. The molecule has 0 aromatic rings. The summed E-state index contributed by atoms with van der Waals surface area (Å²) in [5.41, 5.74) is 0.465. The van der Waals surface area contributed by atoms with Gasteiger partial charge in [-0.2, -0.15) is 0 Å². The minimum absolute atomic E-state index is 0.233. The van der Waals surface area contributed by atoms with Crippen LogP contribution in [0.1, 0.15) is 48.5 Å². The molecule has 100 valence electrons. The summed E-state index contributed by atoms with van der Waals surface area (Å²) in [6.07, 6.45) is 4.37. The van der Waals surface area contributed by atoms with Gasteiger partial charge in [0.15, 0.2) is 0 Å². The molecule has 1 rings (SSSR count). The second-order valence-corrected chi connectivity index (χ2v) is 6.24. The van der Waals surface area contributed by atoms with Crippen molar-refractivity contribution in [2.24, 2.45) is 0 Å². The number of rotatable bonds is 0. The van der Waals surface area contributed by atoms with Crippen LogP contribution in [-0.2, 0) is 4.79 Å². The Labute approximate surface area is 105 Å². The maximum atomic E-state index is 9.00. The van der Waals surface area contributed by atoms with Gasteiger partial charge < -0.3 is 14.9 Å². The van der Waals surface area contributed by atoms with E-state index in [9.17, 15) is 0 Å². The van der Waals surface area contributed by atoms with Crippen molar-refractivity contribution in [3.63, 3.8) is 0 Å². The van der Waals surface area contributed by atoms with Crippen LogP contribution in [0.15, 0.2) is 12.4 Å². The molecule has 17 heavy (non-hydrogen) atoms. The van der Waals surface area contributed by atoms with Crippen molar-refractivity contribution in [1.82, 2.24) is 9.80 Å². The van der Waals surface area contributed by atoms with Crippen LogP contribution in [-0.4, -0.2) is 38.6 Å². The third-order valence-corrected chi connectivity index (χ3v) is 2.45. The van der Waals surface area contributed by atoms with Gasteiger partial charge in [-0.1, -0.05) is 0 Å². The third kappa shape index (κ3) is 6.19. The summed E-state index contributed by atoms with van der Waals surface area (Å²) in [5.74, 6) is -0.833. The van der Waals surface area contributed by atoms with Gasteiger partial charge in [0, 0.05) is 30.4 Å². The van der Waals surface area contributed by atoms with E-state index in [4.69, 9.17) is 9.90 Å². The fourth-order valence-corrected chi connectivity index (χ4v) is 1.29. The quantitative estimate of drug-likeness (QED) is 0.709. The lowest BCUT2D eigenvalue weighted by molar-refractivity contribution is -0.134. The Morgan fingerprint density at radius 2 is 1.24 bits per heavy atom. The maximum Gasteiger partial charge on any atom is 0.300 e. The zero-order valence-electron chi connectivity index (χ0n) is 12.1. The van der Waals surface area contributed by atoms with Gasteiger partial charge in [-0.3, -0.25) is 4.79 Å². The summed E-state index contributed by atoms with van der Waals surface area (Å²) in [4.78, 5) is 13.7. The molecule has 0 radical (unpaired) electrons. The average molecular weight is 242 g/mol. The molecule has 0 saturated heterocycles. The first-order chi connectivity index (χ1) is 7.44. The minimum Gasteiger partial charge on any atom is -0.481 e. The molecule has 0 fully saturated rings. The maximum absolute atomic E-state index is 9.00. The number of aliphatic carboxylic acids is 1. The van der Waals surface area contributed by atoms with E-state index < -0.39 is 5.97 Å². The highest BCUT2D eigenvalue weighted by atomic mass is 16.4. The monoisotopic (exact) mass is 242 g/mol. The van der Waals surface area contributed by atoms with Gasteiger partial charge in [-0.25, -0.2) is 0 Å². The topological polar surface area (TPSA) is 43.8 Å². The summed E-state index contributed by atoms with van der Waals surface area (Å²) >= 11 is 0. The molecule has 1 aliphatic heterocycles. The van der Waals surface area contributed by atoms with Crippen LogP contribution in [0.4, 0.5) is 0 Å². The number of carboxylic acids is 1. The highest BCUT2D eigenvalue weighted by Crippen LogP contribution is 2.24. The van der Waals surface area contributed by atoms with Crippen molar-refractivity contribution in [1.29, 1.82) is 0 Å². The molecule has 0 spiro atoms. The van der Waals surface area contributed by atoms with Crippen molar-refractivity contribution in [2.45, 2.75) is 59.5 Å². The van der Waals surface area contributed by atoms with Crippen LogP contribution in [0.3, 0.4) is 0 Å². The fraction of sp³-hybridized carbons (Fsp3) is 0.769.